The van der Waals surface area contributed by atoms with Crippen molar-refractivity contribution in [2.24, 2.45) is 0 Å². The number of morpholine rings is 1. The van der Waals surface area contributed by atoms with E-state index in [0.29, 0.717) is 19.7 Å². The van der Waals surface area contributed by atoms with Crippen LogP contribution in [0.5, 0.6) is 0 Å². The lowest BCUT2D eigenvalue weighted by Gasteiger charge is -2.29. The van der Waals surface area contributed by atoms with Gasteiger partial charge in [-0.25, -0.2) is 4.79 Å². The van der Waals surface area contributed by atoms with E-state index in [1.54, 1.807) is 0 Å². The Bertz CT molecular complexity index is 377. The molecule has 0 bridgehead atoms. The van der Waals surface area contributed by atoms with Crippen LogP contribution in [-0.2, 0) is 16.1 Å². The zero-order valence-electron chi connectivity index (χ0n) is 9.05. The number of hydrogen-bond acceptors (Lipinski definition) is 5. The minimum absolute atomic E-state index is 0.390. The molecule has 1 aromatic heterocycles. The maximum Gasteiger partial charge on any atom is 0.334 e. The van der Waals surface area contributed by atoms with Crippen LogP contribution in [0.2, 0.25) is 0 Å². The molecule has 1 fully saturated rings. The van der Waals surface area contributed by atoms with Crippen LogP contribution < -0.4 is 0 Å². The minimum atomic E-state index is -0.916. The molecule has 1 aliphatic heterocycles. The van der Waals surface area contributed by atoms with Crippen LogP contribution in [-0.4, -0.2) is 46.9 Å². The predicted molar refractivity (Wildman–Crippen MR) is 53.9 cm³/mol. The molecule has 2 heterocycles. The van der Waals surface area contributed by atoms with Crippen molar-refractivity contribution in [3.63, 3.8) is 0 Å². The van der Waals surface area contributed by atoms with E-state index in [1.165, 1.54) is 0 Å². The number of aliphatic carboxylic acids is 1. The fraction of sp³-hybridized carbons (Fsp3) is 0.600. The van der Waals surface area contributed by atoms with E-state index >= 15 is 0 Å². The molecule has 0 saturated carbocycles. The van der Waals surface area contributed by atoms with Gasteiger partial charge in [0.15, 0.2) is 6.10 Å². The van der Waals surface area contributed by atoms with Crippen LogP contribution in [0.25, 0.3) is 0 Å². The molecular formula is C10H14N2O4. The van der Waals surface area contributed by atoms with Gasteiger partial charge in [-0.2, -0.15) is 0 Å². The van der Waals surface area contributed by atoms with Gasteiger partial charge in [0.2, 0.25) is 0 Å². The predicted octanol–water partition coefficient (Wildman–Crippen LogP) is 0.268. The second kappa shape index (κ2) is 4.63. The summed E-state index contributed by atoms with van der Waals surface area (Å²) in [4.78, 5) is 12.8. The van der Waals surface area contributed by atoms with Gasteiger partial charge in [-0.3, -0.25) is 4.90 Å². The molecule has 0 amide bonds. The second-order valence-corrected chi connectivity index (χ2v) is 3.86. The topological polar surface area (TPSA) is 75.8 Å². The van der Waals surface area contributed by atoms with E-state index in [2.05, 4.69) is 5.16 Å². The number of hydrogen-bond donors (Lipinski definition) is 1. The Labute approximate surface area is 92.8 Å². The van der Waals surface area contributed by atoms with Gasteiger partial charge in [-0.1, -0.05) is 5.16 Å². The van der Waals surface area contributed by atoms with Crippen molar-refractivity contribution in [3.8, 4) is 0 Å². The van der Waals surface area contributed by atoms with Gasteiger partial charge in [0, 0.05) is 25.7 Å². The average Bonchev–Trinajstić information content (AvgIpc) is 2.64. The summed E-state index contributed by atoms with van der Waals surface area (Å²) in [6, 6.07) is 1.85. The van der Waals surface area contributed by atoms with Crippen LogP contribution in [0.1, 0.15) is 11.5 Å². The van der Waals surface area contributed by atoms with Crippen molar-refractivity contribution in [1.29, 1.82) is 0 Å². The summed E-state index contributed by atoms with van der Waals surface area (Å²) in [6.45, 7) is 3.98. The summed E-state index contributed by atoms with van der Waals surface area (Å²) in [5.41, 5.74) is 0.823. The third kappa shape index (κ3) is 2.59. The summed E-state index contributed by atoms with van der Waals surface area (Å²) in [5.74, 6) is -0.154. The second-order valence-electron chi connectivity index (χ2n) is 3.86. The molecule has 0 aliphatic carbocycles. The fourth-order valence-electron chi connectivity index (χ4n) is 1.72. The van der Waals surface area contributed by atoms with Gasteiger partial charge >= 0.3 is 5.97 Å². The highest BCUT2D eigenvalue weighted by Crippen LogP contribution is 2.10. The molecular weight excluding hydrogens is 212 g/mol. The van der Waals surface area contributed by atoms with Crippen molar-refractivity contribution in [3.05, 3.63) is 17.5 Å². The smallest absolute Gasteiger partial charge is 0.334 e. The first-order valence-corrected chi connectivity index (χ1v) is 5.14. The van der Waals surface area contributed by atoms with Gasteiger partial charge in [0.1, 0.15) is 5.76 Å². The number of carboxylic acid groups (broad SMARTS) is 1. The first-order valence-electron chi connectivity index (χ1n) is 5.14. The number of carbonyl (C=O) groups is 1. The first-order chi connectivity index (χ1) is 7.65. The highest BCUT2D eigenvalue weighted by atomic mass is 16.5. The van der Waals surface area contributed by atoms with Crippen LogP contribution in [0, 0.1) is 6.92 Å². The largest absolute Gasteiger partial charge is 0.479 e. The van der Waals surface area contributed by atoms with Gasteiger partial charge in [-0.05, 0) is 6.92 Å². The Morgan fingerprint density at radius 2 is 2.56 bits per heavy atom. The molecule has 1 aromatic rings. The zero-order valence-corrected chi connectivity index (χ0v) is 9.05. The minimum Gasteiger partial charge on any atom is -0.479 e. The normalized spacial score (nSPS) is 22.2. The van der Waals surface area contributed by atoms with E-state index < -0.39 is 12.1 Å². The van der Waals surface area contributed by atoms with Crippen LogP contribution in [0.15, 0.2) is 10.6 Å². The summed E-state index contributed by atoms with van der Waals surface area (Å²) < 4.78 is 10.1. The average molecular weight is 226 g/mol. The number of aryl methyl sites for hydroxylation is 1. The molecule has 6 nitrogen and oxygen atoms in total. The van der Waals surface area contributed by atoms with E-state index in [-0.39, 0.29) is 0 Å². The molecule has 2 rings (SSSR count). The van der Waals surface area contributed by atoms with Crippen molar-refractivity contribution >= 4 is 5.97 Å². The fourth-order valence-corrected chi connectivity index (χ4v) is 1.72. The van der Waals surface area contributed by atoms with Crippen LogP contribution in [0.3, 0.4) is 0 Å². The van der Waals surface area contributed by atoms with Gasteiger partial charge in [-0.15, -0.1) is 0 Å². The molecule has 1 aliphatic rings. The number of rotatable bonds is 3. The van der Waals surface area contributed by atoms with Gasteiger partial charge in [0.25, 0.3) is 0 Å². The van der Waals surface area contributed by atoms with E-state index in [0.717, 1.165) is 18.0 Å². The number of nitrogens with zero attached hydrogens (tertiary/aromatic N) is 2. The van der Waals surface area contributed by atoms with Crippen LogP contribution in [0.4, 0.5) is 0 Å². The molecule has 16 heavy (non-hydrogen) atoms. The van der Waals surface area contributed by atoms with E-state index in [1.807, 2.05) is 17.9 Å². The van der Waals surface area contributed by atoms with Crippen LogP contribution >= 0.6 is 0 Å². The highest BCUT2D eigenvalue weighted by molar-refractivity contribution is 5.72. The Morgan fingerprint density at radius 1 is 1.75 bits per heavy atom. The maximum atomic E-state index is 10.8. The Morgan fingerprint density at radius 3 is 3.19 bits per heavy atom. The molecule has 6 heteroatoms. The SMILES string of the molecule is Cc1cc(CN2CCOC(C(=O)O)C2)no1. The summed E-state index contributed by atoms with van der Waals surface area (Å²) in [5, 5.41) is 12.7. The standard InChI is InChI=1S/C10H14N2O4/c1-7-4-8(11-16-7)5-12-2-3-15-9(6-12)10(13)14/h4,9H,2-3,5-6H2,1H3,(H,13,14). The summed E-state index contributed by atoms with van der Waals surface area (Å²) in [6.07, 6.45) is -0.734. The number of carboxylic acids is 1. The maximum absolute atomic E-state index is 10.8. The zero-order chi connectivity index (χ0) is 11.5. The molecule has 0 spiro atoms. The van der Waals surface area contributed by atoms with Crippen molar-refractivity contribution < 1.29 is 19.2 Å². The highest BCUT2D eigenvalue weighted by Gasteiger charge is 2.26. The molecule has 1 saturated heterocycles. The monoisotopic (exact) mass is 226 g/mol. The van der Waals surface area contributed by atoms with E-state index in [9.17, 15) is 4.79 Å². The lowest BCUT2D eigenvalue weighted by atomic mass is 10.2. The lowest BCUT2D eigenvalue weighted by molar-refractivity contribution is -0.156. The Kier molecular flexibility index (Phi) is 3.21. The van der Waals surface area contributed by atoms with Crippen molar-refractivity contribution in [2.75, 3.05) is 19.7 Å². The quantitative estimate of drug-likeness (QED) is 0.797. The van der Waals surface area contributed by atoms with Crippen molar-refractivity contribution in [2.45, 2.75) is 19.6 Å². The number of ether oxygens (including phenoxy) is 1. The van der Waals surface area contributed by atoms with Crippen molar-refractivity contribution in [1.82, 2.24) is 10.1 Å². The molecule has 1 N–H and O–H groups in total. The lowest BCUT2D eigenvalue weighted by Crippen LogP contribution is -2.45. The third-order valence-electron chi connectivity index (χ3n) is 2.49. The summed E-state index contributed by atoms with van der Waals surface area (Å²) in [7, 11) is 0. The van der Waals surface area contributed by atoms with Gasteiger partial charge in [0.05, 0.1) is 12.3 Å². The molecule has 0 aromatic carbocycles. The summed E-state index contributed by atoms with van der Waals surface area (Å²) >= 11 is 0. The molecule has 1 unspecified atom stereocenters. The molecule has 88 valence electrons. The first kappa shape index (κ1) is 11.1. The number of aromatic nitrogens is 1. The third-order valence-corrected chi connectivity index (χ3v) is 2.49. The molecule has 0 radical (unpaired) electrons. The Balaban J connectivity index is 1.92. The Hall–Kier alpha value is -1.40. The van der Waals surface area contributed by atoms with E-state index in [4.69, 9.17) is 14.4 Å². The van der Waals surface area contributed by atoms with Gasteiger partial charge < -0.3 is 14.4 Å². The molecule has 1 atom stereocenters.